The molecule has 0 aliphatic heterocycles. The smallest absolute Gasteiger partial charge is 0.0483 e. The minimum absolute atomic E-state index is 0.238. The Morgan fingerprint density at radius 3 is 1.96 bits per heavy atom. The van der Waals surface area contributed by atoms with E-state index in [2.05, 4.69) is 92.7 Å². The third-order valence-electron chi connectivity index (χ3n) is 8.71. The summed E-state index contributed by atoms with van der Waals surface area (Å²) in [5.41, 5.74) is 3.09. The van der Waals surface area contributed by atoms with Crippen LogP contribution >= 0.6 is 7.92 Å². The normalized spacial score (nSPS) is 37.4. The van der Waals surface area contributed by atoms with Crippen LogP contribution in [0.3, 0.4) is 0 Å². The number of rotatable bonds is 4. The van der Waals surface area contributed by atoms with Gasteiger partial charge < -0.3 is 0 Å². The lowest BCUT2D eigenvalue weighted by atomic mass is 9.61. The van der Waals surface area contributed by atoms with E-state index < -0.39 is 7.92 Å². The maximum absolute atomic E-state index is 4.95. The lowest BCUT2D eigenvalue weighted by molar-refractivity contribution is 0.149. The number of fused-ring (bicyclic) bond motifs is 1. The molecular weight excluding hydrogens is 357 g/mol. The van der Waals surface area contributed by atoms with E-state index in [1.807, 2.05) is 6.20 Å². The van der Waals surface area contributed by atoms with Gasteiger partial charge in [-0.2, -0.15) is 0 Å². The van der Waals surface area contributed by atoms with Crippen molar-refractivity contribution in [1.29, 1.82) is 0 Å². The number of hydrogen-bond donors (Lipinski definition) is 0. The molecule has 0 radical (unpaired) electrons. The van der Waals surface area contributed by atoms with Crippen LogP contribution in [0.1, 0.15) is 32.4 Å². The maximum Gasteiger partial charge on any atom is 0.0483 e. The van der Waals surface area contributed by atoms with Crippen LogP contribution in [0.5, 0.6) is 0 Å². The second-order valence-electron chi connectivity index (χ2n) is 9.19. The predicted octanol–water partition coefficient (Wildman–Crippen LogP) is 5.27. The highest BCUT2D eigenvalue weighted by atomic mass is 31.1. The van der Waals surface area contributed by atoms with E-state index in [-0.39, 0.29) is 5.41 Å². The highest BCUT2D eigenvalue weighted by Gasteiger charge is 2.98. The minimum atomic E-state index is -0.414. The van der Waals surface area contributed by atoms with E-state index in [9.17, 15) is 0 Å². The molecule has 0 amide bonds. The Labute approximate surface area is 169 Å². The highest BCUT2D eigenvalue weighted by molar-refractivity contribution is 7.73. The highest BCUT2D eigenvalue weighted by Crippen LogP contribution is 2.99. The minimum Gasteiger partial charge on any atom is -0.261 e. The van der Waals surface area contributed by atoms with Gasteiger partial charge in [0.1, 0.15) is 0 Å². The SMILES string of the molecule is C[C@]12CCC3[C@@H](P(c4ccccc4)c4ccccc4)C1(c1ccccn1)[C@]32C. The van der Waals surface area contributed by atoms with Crippen LogP contribution in [0.15, 0.2) is 85.1 Å². The van der Waals surface area contributed by atoms with Gasteiger partial charge in [0.2, 0.25) is 0 Å². The summed E-state index contributed by atoms with van der Waals surface area (Å²) in [5, 5.41) is 3.04. The molecule has 0 spiro atoms. The third-order valence-corrected chi connectivity index (χ3v) is 11.7. The fraction of sp³-hybridized carbons (Fsp3) is 0.346. The van der Waals surface area contributed by atoms with E-state index in [4.69, 9.17) is 4.98 Å². The van der Waals surface area contributed by atoms with Crippen LogP contribution in [0, 0.1) is 16.7 Å². The van der Waals surface area contributed by atoms with Gasteiger partial charge in [-0.15, -0.1) is 0 Å². The molecule has 0 N–H and O–H groups in total. The van der Waals surface area contributed by atoms with Crippen LogP contribution in [0.2, 0.25) is 0 Å². The molecule has 140 valence electrons. The molecule has 3 aliphatic carbocycles. The van der Waals surface area contributed by atoms with Crippen molar-refractivity contribution in [2.24, 2.45) is 16.7 Å². The zero-order valence-corrected chi connectivity index (χ0v) is 17.4. The number of benzene rings is 2. The summed E-state index contributed by atoms with van der Waals surface area (Å²) >= 11 is 0. The molecular formula is C26H26NP. The average molecular weight is 383 g/mol. The number of nitrogens with zero attached hydrogens (tertiary/aromatic N) is 1. The summed E-state index contributed by atoms with van der Waals surface area (Å²) in [6.07, 6.45) is 4.74. The quantitative estimate of drug-likeness (QED) is 0.559. The molecule has 1 nitrogen and oxygen atoms in total. The van der Waals surface area contributed by atoms with E-state index >= 15 is 0 Å². The van der Waals surface area contributed by atoms with Gasteiger partial charge in [0, 0.05) is 23.0 Å². The maximum atomic E-state index is 4.95. The lowest BCUT2D eigenvalue weighted by Gasteiger charge is -2.54. The van der Waals surface area contributed by atoms with E-state index in [1.54, 1.807) is 0 Å². The number of pyridine rings is 1. The van der Waals surface area contributed by atoms with Crippen LogP contribution in [-0.4, -0.2) is 10.6 Å². The van der Waals surface area contributed by atoms with Crippen molar-refractivity contribution in [3.8, 4) is 0 Å². The summed E-state index contributed by atoms with van der Waals surface area (Å²) in [5.74, 6) is 0.811. The topological polar surface area (TPSA) is 12.9 Å². The van der Waals surface area contributed by atoms with Crippen molar-refractivity contribution in [2.45, 2.75) is 37.8 Å². The molecule has 1 heterocycles. The summed E-state index contributed by atoms with van der Waals surface area (Å²) in [6.45, 7) is 5.13. The second kappa shape index (κ2) is 5.55. The zero-order chi connectivity index (χ0) is 19.0. The van der Waals surface area contributed by atoms with Gasteiger partial charge in [-0.05, 0) is 60.3 Å². The molecule has 3 aliphatic rings. The molecule has 3 saturated carbocycles. The van der Waals surface area contributed by atoms with E-state index in [0.29, 0.717) is 16.5 Å². The third kappa shape index (κ3) is 1.68. The van der Waals surface area contributed by atoms with Crippen molar-refractivity contribution in [3.63, 3.8) is 0 Å². The first-order valence-electron chi connectivity index (χ1n) is 10.5. The molecule has 0 bridgehead atoms. The van der Waals surface area contributed by atoms with Crippen molar-refractivity contribution < 1.29 is 0 Å². The van der Waals surface area contributed by atoms with Crippen molar-refractivity contribution in [3.05, 3.63) is 90.8 Å². The Balaban J connectivity index is 1.56. The zero-order valence-electron chi connectivity index (χ0n) is 16.5. The standard InChI is InChI=1S/C26H26NP/c1-24-17-16-21-23(26(24,25(21,24)2)22-15-9-10-18-27-22)28(19-11-5-3-6-12-19)20-13-7-4-8-14-20/h3-15,18,21,23H,16-17H2,1-2H3/t21?,23-,24-,25-,26?/m1/s1. The first-order valence-corrected chi connectivity index (χ1v) is 11.9. The monoisotopic (exact) mass is 383 g/mol. The molecule has 2 aromatic carbocycles. The molecule has 5 atom stereocenters. The molecule has 0 saturated heterocycles. The van der Waals surface area contributed by atoms with Gasteiger partial charge in [-0.1, -0.05) is 80.6 Å². The fourth-order valence-corrected chi connectivity index (χ4v) is 11.4. The van der Waals surface area contributed by atoms with Crippen LogP contribution in [-0.2, 0) is 5.41 Å². The summed E-state index contributed by atoms with van der Waals surface area (Å²) in [6, 6.07) is 29.1. The Bertz CT molecular complexity index is 971. The first kappa shape index (κ1) is 16.9. The van der Waals surface area contributed by atoms with Gasteiger partial charge in [0.25, 0.3) is 0 Å². The number of aromatic nitrogens is 1. The second-order valence-corrected chi connectivity index (χ2v) is 11.5. The summed E-state index contributed by atoms with van der Waals surface area (Å²) in [4.78, 5) is 4.95. The Hall–Kier alpha value is -1.98. The van der Waals surface area contributed by atoms with E-state index in [0.717, 1.165) is 5.92 Å². The van der Waals surface area contributed by atoms with Crippen LogP contribution < -0.4 is 10.6 Å². The van der Waals surface area contributed by atoms with Crippen molar-refractivity contribution in [1.82, 2.24) is 4.98 Å². The largest absolute Gasteiger partial charge is 0.261 e. The molecule has 3 aromatic rings. The van der Waals surface area contributed by atoms with Crippen LogP contribution in [0.4, 0.5) is 0 Å². The van der Waals surface area contributed by atoms with Crippen LogP contribution in [0.25, 0.3) is 0 Å². The van der Waals surface area contributed by atoms with Gasteiger partial charge in [0.15, 0.2) is 0 Å². The Morgan fingerprint density at radius 1 is 0.821 bits per heavy atom. The molecule has 3 fully saturated rings. The number of hydrogen-bond acceptors (Lipinski definition) is 1. The Morgan fingerprint density at radius 2 is 1.43 bits per heavy atom. The van der Waals surface area contributed by atoms with Gasteiger partial charge >= 0.3 is 0 Å². The first-order chi connectivity index (χ1) is 13.7. The predicted molar refractivity (Wildman–Crippen MR) is 118 cm³/mol. The van der Waals surface area contributed by atoms with Gasteiger partial charge in [-0.3, -0.25) is 4.98 Å². The molecule has 2 heteroatoms. The molecule has 2 unspecified atom stereocenters. The molecule has 28 heavy (non-hydrogen) atoms. The molecule has 6 rings (SSSR count). The van der Waals surface area contributed by atoms with Crippen molar-refractivity contribution in [2.75, 3.05) is 0 Å². The summed E-state index contributed by atoms with van der Waals surface area (Å²) in [7, 11) is -0.414. The van der Waals surface area contributed by atoms with E-state index in [1.165, 1.54) is 29.1 Å². The van der Waals surface area contributed by atoms with Gasteiger partial charge in [-0.25, -0.2) is 0 Å². The van der Waals surface area contributed by atoms with Gasteiger partial charge in [0.05, 0.1) is 0 Å². The van der Waals surface area contributed by atoms with Crippen molar-refractivity contribution >= 4 is 18.5 Å². The average Bonchev–Trinajstić information content (AvgIpc) is 2.98. The molecule has 1 aromatic heterocycles. The fourth-order valence-electron chi connectivity index (χ4n) is 7.57. The Kier molecular flexibility index (Phi) is 3.35. The summed E-state index contributed by atoms with van der Waals surface area (Å²) < 4.78 is 0. The lowest BCUT2D eigenvalue weighted by Crippen LogP contribution is -2.54.